The van der Waals surface area contributed by atoms with E-state index >= 15 is 0 Å². The second-order valence-electron chi connectivity index (χ2n) is 8.81. The first kappa shape index (κ1) is 19.2. The van der Waals surface area contributed by atoms with Gasteiger partial charge in [0.15, 0.2) is 5.82 Å². The van der Waals surface area contributed by atoms with Gasteiger partial charge in [0.1, 0.15) is 18.0 Å². The number of hydrogen-bond acceptors (Lipinski definition) is 7. The number of hydrogen-bond donors (Lipinski definition) is 2. The summed E-state index contributed by atoms with van der Waals surface area (Å²) in [5, 5.41) is 14.8. The highest BCUT2D eigenvalue weighted by atomic mass is 16.1. The molecule has 0 unspecified atom stereocenters. The summed E-state index contributed by atoms with van der Waals surface area (Å²) < 4.78 is 2.07. The van der Waals surface area contributed by atoms with Crippen LogP contribution in [0.4, 0.5) is 11.6 Å². The molecule has 0 aromatic carbocycles. The second-order valence-corrected chi connectivity index (χ2v) is 8.81. The summed E-state index contributed by atoms with van der Waals surface area (Å²) in [7, 11) is 0. The number of rotatable bonds is 4. The fourth-order valence-corrected chi connectivity index (χ4v) is 4.98. The van der Waals surface area contributed by atoms with Crippen molar-refractivity contribution in [3.8, 4) is 11.3 Å². The second kappa shape index (κ2) is 7.89. The standard InChI is InChI=1S/C23H26N8O/c32-23-17-11-19(15-6-7-24-20(10-15)27-16-4-2-1-3-5-16)28-22(18(17)12-25-23)30-8-9-31-14-26-29-21(31)13-30/h6-7,10-11,14,16H,1-5,8-9,12-13H2,(H,24,27)(H,25,32). The molecular formula is C23H26N8O. The molecule has 0 atom stereocenters. The van der Waals surface area contributed by atoms with Gasteiger partial charge in [-0.3, -0.25) is 4.79 Å². The lowest BCUT2D eigenvalue weighted by molar-refractivity contribution is 0.0965. The number of carbonyl (C=O) groups excluding carboxylic acids is 1. The van der Waals surface area contributed by atoms with Crippen LogP contribution in [0.25, 0.3) is 11.3 Å². The van der Waals surface area contributed by atoms with Crippen LogP contribution in [0.15, 0.2) is 30.7 Å². The smallest absolute Gasteiger partial charge is 0.252 e. The Kier molecular flexibility index (Phi) is 4.74. The van der Waals surface area contributed by atoms with Crippen molar-refractivity contribution in [2.75, 3.05) is 16.8 Å². The molecule has 5 heterocycles. The van der Waals surface area contributed by atoms with Crippen molar-refractivity contribution in [3.05, 3.63) is 47.7 Å². The molecule has 32 heavy (non-hydrogen) atoms. The van der Waals surface area contributed by atoms with Gasteiger partial charge in [-0.2, -0.15) is 0 Å². The van der Waals surface area contributed by atoms with Crippen molar-refractivity contribution in [2.45, 2.75) is 57.8 Å². The molecule has 0 spiro atoms. The van der Waals surface area contributed by atoms with Crippen LogP contribution in [0.2, 0.25) is 0 Å². The van der Waals surface area contributed by atoms with Crippen LogP contribution in [0.3, 0.4) is 0 Å². The van der Waals surface area contributed by atoms with Crippen LogP contribution in [0, 0.1) is 0 Å². The maximum absolute atomic E-state index is 12.6. The lowest BCUT2D eigenvalue weighted by Crippen LogP contribution is -2.35. The van der Waals surface area contributed by atoms with Crippen molar-refractivity contribution >= 4 is 17.5 Å². The fourth-order valence-electron chi connectivity index (χ4n) is 4.98. The summed E-state index contributed by atoms with van der Waals surface area (Å²) in [4.78, 5) is 24.3. The molecule has 2 N–H and O–H groups in total. The molecule has 9 heteroatoms. The Balaban J connectivity index is 1.35. The van der Waals surface area contributed by atoms with Gasteiger partial charge < -0.3 is 20.1 Å². The summed E-state index contributed by atoms with van der Waals surface area (Å²) in [6.45, 7) is 2.73. The molecule has 164 valence electrons. The van der Waals surface area contributed by atoms with Crippen LogP contribution in [0.1, 0.15) is 53.8 Å². The lowest BCUT2D eigenvalue weighted by Gasteiger charge is -2.29. The summed E-state index contributed by atoms with van der Waals surface area (Å²) in [6.07, 6.45) is 9.82. The molecule has 3 aromatic heterocycles. The maximum atomic E-state index is 12.6. The number of amides is 1. The van der Waals surface area contributed by atoms with Crippen molar-refractivity contribution < 1.29 is 4.79 Å². The van der Waals surface area contributed by atoms with Gasteiger partial charge in [0.25, 0.3) is 5.91 Å². The van der Waals surface area contributed by atoms with E-state index in [9.17, 15) is 4.79 Å². The zero-order valence-electron chi connectivity index (χ0n) is 17.9. The van der Waals surface area contributed by atoms with E-state index in [1.807, 2.05) is 24.4 Å². The third-order valence-corrected chi connectivity index (χ3v) is 6.72. The Hall–Kier alpha value is -3.49. The summed E-state index contributed by atoms with van der Waals surface area (Å²) in [5.41, 5.74) is 3.41. The molecule has 1 amide bonds. The molecule has 1 saturated carbocycles. The maximum Gasteiger partial charge on any atom is 0.252 e. The van der Waals surface area contributed by atoms with Gasteiger partial charge in [-0.15, -0.1) is 10.2 Å². The summed E-state index contributed by atoms with van der Waals surface area (Å²) in [5.74, 6) is 2.59. The van der Waals surface area contributed by atoms with E-state index in [2.05, 4.69) is 35.3 Å². The molecular weight excluding hydrogens is 404 g/mol. The highest BCUT2D eigenvalue weighted by Gasteiger charge is 2.29. The molecule has 1 aliphatic carbocycles. The van der Waals surface area contributed by atoms with Gasteiger partial charge in [0.05, 0.1) is 17.8 Å². The molecule has 9 nitrogen and oxygen atoms in total. The fraction of sp³-hybridized carbons (Fsp3) is 0.435. The minimum Gasteiger partial charge on any atom is -0.367 e. The zero-order valence-corrected chi connectivity index (χ0v) is 17.9. The minimum absolute atomic E-state index is 0.0420. The lowest BCUT2D eigenvalue weighted by atomic mass is 9.95. The molecule has 3 aliphatic rings. The van der Waals surface area contributed by atoms with Crippen molar-refractivity contribution in [2.24, 2.45) is 0 Å². The Labute approximate surface area is 186 Å². The molecule has 1 fully saturated rings. The van der Waals surface area contributed by atoms with Crippen LogP contribution < -0.4 is 15.5 Å². The van der Waals surface area contributed by atoms with E-state index in [4.69, 9.17) is 4.98 Å². The van der Waals surface area contributed by atoms with Gasteiger partial charge >= 0.3 is 0 Å². The SMILES string of the molecule is O=C1NCc2c1cc(-c1ccnc(NC3CCCCC3)c1)nc2N1CCn2cnnc2C1. The number of carbonyl (C=O) groups is 1. The van der Waals surface area contributed by atoms with Crippen molar-refractivity contribution in [1.29, 1.82) is 0 Å². The van der Waals surface area contributed by atoms with E-state index < -0.39 is 0 Å². The predicted octanol–water partition coefficient (Wildman–Crippen LogP) is 2.74. The zero-order chi connectivity index (χ0) is 21.5. The molecule has 0 radical (unpaired) electrons. The third kappa shape index (κ3) is 3.47. The minimum atomic E-state index is -0.0420. The van der Waals surface area contributed by atoms with Gasteiger partial charge in [-0.1, -0.05) is 19.3 Å². The van der Waals surface area contributed by atoms with Crippen molar-refractivity contribution in [3.63, 3.8) is 0 Å². The van der Waals surface area contributed by atoms with E-state index in [-0.39, 0.29) is 5.91 Å². The van der Waals surface area contributed by atoms with Crippen LogP contribution in [-0.2, 0) is 19.6 Å². The molecule has 0 saturated heterocycles. The van der Waals surface area contributed by atoms with Gasteiger partial charge in [-0.25, -0.2) is 9.97 Å². The highest BCUT2D eigenvalue weighted by molar-refractivity contribution is 6.00. The number of nitrogens with one attached hydrogen (secondary N) is 2. The quantitative estimate of drug-likeness (QED) is 0.656. The number of pyridine rings is 2. The molecule has 0 bridgehead atoms. The molecule has 3 aromatic rings. The average Bonchev–Trinajstić information content (AvgIpc) is 3.45. The Morgan fingerprint density at radius 2 is 2.03 bits per heavy atom. The van der Waals surface area contributed by atoms with Crippen LogP contribution >= 0.6 is 0 Å². The first-order valence-corrected chi connectivity index (χ1v) is 11.4. The monoisotopic (exact) mass is 430 g/mol. The largest absolute Gasteiger partial charge is 0.367 e. The summed E-state index contributed by atoms with van der Waals surface area (Å²) >= 11 is 0. The van der Waals surface area contributed by atoms with Gasteiger partial charge in [-0.05, 0) is 31.0 Å². The van der Waals surface area contributed by atoms with E-state index in [0.717, 1.165) is 47.4 Å². The van der Waals surface area contributed by atoms with E-state index in [1.54, 1.807) is 6.33 Å². The Morgan fingerprint density at radius 3 is 2.94 bits per heavy atom. The normalized spacial score (nSPS) is 18.2. The Morgan fingerprint density at radius 1 is 1.12 bits per heavy atom. The van der Waals surface area contributed by atoms with Crippen molar-refractivity contribution in [1.82, 2.24) is 30.0 Å². The number of aromatic nitrogens is 5. The molecule has 6 rings (SSSR count). The van der Waals surface area contributed by atoms with Crippen LogP contribution in [0.5, 0.6) is 0 Å². The highest BCUT2D eigenvalue weighted by Crippen LogP contribution is 2.33. The number of anilines is 2. The third-order valence-electron chi connectivity index (χ3n) is 6.72. The van der Waals surface area contributed by atoms with Crippen LogP contribution in [-0.4, -0.2) is 43.2 Å². The number of nitrogens with zero attached hydrogens (tertiary/aromatic N) is 6. The topological polar surface area (TPSA) is 101 Å². The first-order chi connectivity index (χ1) is 15.7. The predicted molar refractivity (Wildman–Crippen MR) is 120 cm³/mol. The first-order valence-electron chi connectivity index (χ1n) is 11.4. The van der Waals surface area contributed by atoms with E-state index in [1.165, 1.54) is 32.1 Å². The average molecular weight is 431 g/mol. The van der Waals surface area contributed by atoms with Gasteiger partial charge in [0, 0.05) is 43.0 Å². The van der Waals surface area contributed by atoms with E-state index in [0.29, 0.717) is 24.7 Å². The van der Waals surface area contributed by atoms with Gasteiger partial charge in [0.2, 0.25) is 0 Å². The Bertz CT molecular complexity index is 1170. The molecule has 2 aliphatic heterocycles. The number of fused-ring (bicyclic) bond motifs is 2. The summed E-state index contributed by atoms with van der Waals surface area (Å²) in [6, 6.07) is 6.40.